The highest BCUT2D eigenvalue weighted by Crippen LogP contribution is 2.32. The number of aromatic nitrogens is 2. The summed E-state index contributed by atoms with van der Waals surface area (Å²) in [5.41, 5.74) is 2.93. The third-order valence-electron chi connectivity index (χ3n) is 5.11. The van der Waals surface area contributed by atoms with Crippen molar-refractivity contribution in [2.24, 2.45) is 0 Å². The van der Waals surface area contributed by atoms with E-state index in [1.807, 2.05) is 18.2 Å². The van der Waals surface area contributed by atoms with Crippen molar-refractivity contribution < 1.29 is 13.5 Å². The first-order valence-electron chi connectivity index (χ1n) is 9.48. The number of hydrogen-bond acceptors (Lipinski definition) is 5. The molecule has 5 rings (SSSR count). The zero-order valence-electron chi connectivity index (χ0n) is 15.8. The van der Waals surface area contributed by atoms with E-state index >= 15 is 0 Å². The maximum atomic E-state index is 12.9. The lowest BCUT2D eigenvalue weighted by Crippen LogP contribution is -2.21. The monoisotopic (exact) mass is 425 g/mol. The average molecular weight is 426 g/mol. The third kappa shape index (κ3) is 3.58. The second-order valence-corrected chi connectivity index (χ2v) is 7.58. The Bertz CT molecular complexity index is 1280. The molecule has 1 aromatic carbocycles. The van der Waals surface area contributed by atoms with Crippen LogP contribution in [-0.2, 0) is 19.6 Å². The normalized spacial score (nSPS) is 14.1. The lowest BCUT2D eigenvalue weighted by atomic mass is 10.1. The van der Waals surface area contributed by atoms with Gasteiger partial charge in [-0.3, -0.25) is 14.3 Å². The number of ether oxygens (including phenoxy) is 1. The molecule has 0 bridgehead atoms. The summed E-state index contributed by atoms with van der Waals surface area (Å²) in [6, 6.07) is 11.6. The highest BCUT2D eigenvalue weighted by atomic mass is 35.5. The van der Waals surface area contributed by atoms with Gasteiger partial charge in [-0.2, -0.15) is 0 Å². The molecule has 1 aliphatic rings. The summed E-state index contributed by atoms with van der Waals surface area (Å²) in [7, 11) is 0. The van der Waals surface area contributed by atoms with Crippen LogP contribution in [0.5, 0.6) is 5.75 Å². The smallest absolute Gasteiger partial charge is 0.258 e. The minimum absolute atomic E-state index is 0.145. The quantitative estimate of drug-likeness (QED) is 0.458. The molecule has 30 heavy (non-hydrogen) atoms. The van der Waals surface area contributed by atoms with Crippen molar-refractivity contribution in [3.8, 4) is 11.4 Å². The van der Waals surface area contributed by atoms with Crippen molar-refractivity contribution >= 4 is 22.7 Å². The van der Waals surface area contributed by atoms with Crippen molar-refractivity contribution in [3.63, 3.8) is 0 Å². The topological polar surface area (TPSA) is 60.5 Å². The summed E-state index contributed by atoms with van der Waals surface area (Å²) in [5, 5.41) is 0.961. The van der Waals surface area contributed by atoms with Crippen LogP contribution in [0.4, 0.5) is 4.39 Å². The van der Waals surface area contributed by atoms with Crippen LogP contribution in [0.1, 0.15) is 17.0 Å². The van der Waals surface area contributed by atoms with Gasteiger partial charge in [0.1, 0.15) is 29.5 Å². The average Bonchev–Trinajstić information content (AvgIpc) is 3.10. The lowest BCUT2D eigenvalue weighted by Gasteiger charge is -2.18. The minimum Gasteiger partial charge on any atom is -0.487 e. The zero-order chi connectivity index (χ0) is 20.7. The summed E-state index contributed by atoms with van der Waals surface area (Å²) in [6.07, 6.45) is 3.56. The van der Waals surface area contributed by atoms with Crippen molar-refractivity contribution in [2.45, 2.75) is 19.6 Å². The van der Waals surface area contributed by atoms with Gasteiger partial charge < -0.3 is 9.15 Å². The Morgan fingerprint density at radius 2 is 2.10 bits per heavy atom. The van der Waals surface area contributed by atoms with E-state index < -0.39 is 5.82 Å². The van der Waals surface area contributed by atoms with Crippen LogP contribution < -0.4 is 10.3 Å². The number of rotatable bonds is 4. The van der Waals surface area contributed by atoms with E-state index in [1.165, 1.54) is 12.1 Å². The second-order valence-electron chi connectivity index (χ2n) is 7.11. The fourth-order valence-corrected chi connectivity index (χ4v) is 3.80. The summed E-state index contributed by atoms with van der Waals surface area (Å²) in [4.78, 5) is 16.6. The predicted octanol–water partition coefficient (Wildman–Crippen LogP) is 4.21. The SMILES string of the molecule is O=c1cc(OCc2ccc(F)cn2)ccn1-c1ccc2oc3c(c2c1)CN(Cl)CC3. The Morgan fingerprint density at radius 1 is 1.20 bits per heavy atom. The van der Waals surface area contributed by atoms with E-state index in [0.717, 1.165) is 47.1 Å². The van der Waals surface area contributed by atoms with Crippen molar-refractivity contribution in [3.05, 3.63) is 88.0 Å². The van der Waals surface area contributed by atoms with Crippen LogP contribution in [0.15, 0.2) is 64.1 Å². The zero-order valence-corrected chi connectivity index (χ0v) is 16.6. The van der Waals surface area contributed by atoms with E-state index in [0.29, 0.717) is 18.0 Å². The standard InChI is InChI=1S/C22H17ClFN3O3/c23-26-7-6-21-19(12-26)18-9-16(3-4-20(18)30-21)27-8-5-17(10-22(27)28)29-13-15-2-1-14(24)11-25-15/h1-5,8-11H,6-7,12-13H2. The Kier molecular flexibility index (Phi) is 4.77. The molecule has 0 atom stereocenters. The first-order chi connectivity index (χ1) is 14.6. The highest BCUT2D eigenvalue weighted by molar-refractivity contribution is 6.13. The van der Waals surface area contributed by atoms with Crippen LogP contribution in [0.2, 0.25) is 0 Å². The van der Waals surface area contributed by atoms with E-state index in [9.17, 15) is 9.18 Å². The van der Waals surface area contributed by atoms with Crippen LogP contribution in [-0.4, -0.2) is 20.5 Å². The van der Waals surface area contributed by atoms with Gasteiger partial charge in [0.05, 0.1) is 11.9 Å². The number of nitrogens with zero attached hydrogens (tertiary/aromatic N) is 3. The molecule has 4 heterocycles. The Hall–Kier alpha value is -3.16. The van der Waals surface area contributed by atoms with Gasteiger partial charge in [-0.1, -0.05) is 0 Å². The molecule has 0 fully saturated rings. The molecule has 0 unspecified atom stereocenters. The highest BCUT2D eigenvalue weighted by Gasteiger charge is 2.22. The Balaban J connectivity index is 1.41. The van der Waals surface area contributed by atoms with Crippen LogP contribution in [0, 0.1) is 5.82 Å². The van der Waals surface area contributed by atoms with E-state index in [4.69, 9.17) is 20.9 Å². The molecule has 0 spiro atoms. The van der Waals surface area contributed by atoms with E-state index in [-0.39, 0.29) is 12.2 Å². The number of halogens is 2. The van der Waals surface area contributed by atoms with Gasteiger partial charge in [0.2, 0.25) is 0 Å². The molecule has 0 amide bonds. The first kappa shape index (κ1) is 18.8. The fraction of sp³-hybridized carbons (Fsp3) is 0.182. The molecule has 152 valence electrons. The number of hydrogen-bond donors (Lipinski definition) is 0. The second kappa shape index (κ2) is 7.59. The molecule has 0 N–H and O–H groups in total. The van der Waals surface area contributed by atoms with E-state index in [2.05, 4.69) is 4.98 Å². The van der Waals surface area contributed by atoms with Crippen molar-refractivity contribution in [1.82, 2.24) is 14.0 Å². The van der Waals surface area contributed by atoms with Gasteiger partial charge in [0.25, 0.3) is 5.56 Å². The fourth-order valence-electron chi connectivity index (χ4n) is 3.60. The van der Waals surface area contributed by atoms with Crippen LogP contribution in [0.3, 0.4) is 0 Å². The predicted molar refractivity (Wildman–Crippen MR) is 110 cm³/mol. The number of pyridine rings is 2. The molecular weight excluding hydrogens is 409 g/mol. The van der Waals surface area contributed by atoms with Gasteiger partial charge in [0, 0.05) is 48.4 Å². The molecule has 3 aromatic heterocycles. The molecule has 8 heteroatoms. The summed E-state index contributed by atoms with van der Waals surface area (Å²) in [5.74, 6) is 0.961. The van der Waals surface area contributed by atoms with E-state index in [1.54, 1.807) is 27.3 Å². The van der Waals surface area contributed by atoms with Crippen LogP contribution >= 0.6 is 11.8 Å². The number of benzene rings is 1. The summed E-state index contributed by atoms with van der Waals surface area (Å²) >= 11 is 6.18. The van der Waals surface area contributed by atoms with Crippen LogP contribution in [0.25, 0.3) is 16.7 Å². The molecular formula is C22H17ClFN3O3. The number of furan rings is 1. The number of fused-ring (bicyclic) bond motifs is 3. The first-order valence-corrected chi connectivity index (χ1v) is 9.82. The van der Waals surface area contributed by atoms with Gasteiger partial charge in [-0.25, -0.2) is 8.81 Å². The summed E-state index contributed by atoms with van der Waals surface area (Å²) < 4.78 is 27.8. The van der Waals surface area contributed by atoms with Gasteiger partial charge in [-0.15, -0.1) is 0 Å². The lowest BCUT2D eigenvalue weighted by molar-refractivity contribution is 0.300. The Labute approximate surface area is 176 Å². The largest absolute Gasteiger partial charge is 0.487 e. The minimum atomic E-state index is -0.407. The molecule has 1 aliphatic heterocycles. The molecule has 0 saturated heterocycles. The van der Waals surface area contributed by atoms with Crippen molar-refractivity contribution in [1.29, 1.82) is 0 Å². The molecule has 0 radical (unpaired) electrons. The molecule has 6 nitrogen and oxygen atoms in total. The maximum absolute atomic E-state index is 12.9. The maximum Gasteiger partial charge on any atom is 0.258 e. The van der Waals surface area contributed by atoms with Gasteiger partial charge in [0.15, 0.2) is 0 Å². The Morgan fingerprint density at radius 3 is 2.90 bits per heavy atom. The molecule has 0 saturated carbocycles. The van der Waals surface area contributed by atoms with Crippen molar-refractivity contribution in [2.75, 3.05) is 6.54 Å². The molecule has 4 aromatic rings. The van der Waals surface area contributed by atoms with Gasteiger partial charge >= 0.3 is 0 Å². The molecule has 0 aliphatic carbocycles. The summed E-state index contributed by atoms with van der Waals surface area (Å²) in [6.45, 7) is 1.49. The van der Waals surface area contributed by atoms with Gasteiger partial charge in [-0.05, 0) is 48.2 Å². The third-order valence-corrected chi connectivity index (χ3v) is 5.40.